The maximum absolute atomic E-state index is 13.5. The van der Waals surface area contributed by atoms with Crippen LogP contribution >= 0.6 is 11.3 Å². The molecule has 0 unspecified atom stereocenters. The first-order chi connectivity index (χ1) is 15.7. The van der Waals surface area contributed by atoms with Gasteiger partial charge in [0.15, 0.2) is 5.13 Å². The smallest absolute Gasteiger partial charge is 0.366 e. The predicted octanol–water partition coefficient (Wildman–Crippen LogP) is 5.70. The highest BCUT2D eigenvalue weighted by Crippen LogP contribution is 2.34. The second kappa shape index (κ2) is 9.11. The summed E-state index contributed by atoms with van der Waals surface area (Å²) in [5, 5.41) is 5.72. The Morgan fingerprint density at radius 3 is 2.52 bits per heavy atom. The minimum absolute atomic E-state index is 0.0750. The number of amides is 1. The second-order valence-electron chi connectivity index (χ2n) is 7.51. The molecular formula is C24H21F3N4OS. The van der Waals surface area contributed by atoms with E-state index in [2.05, 4.69) is 10.3 Å². The molecule has 170 valence electrons. The number of halogens is 3. The van der Waals surface area contributed by atoms with Gasteiger partial charge in [-0.15, -0.1) is 11.3 Å². The van der Waals surface area contributed by atoms with Crippen LogP contribution in [0.4, 0.5) is 18.3 Å². The van der Waals surface area contributed by atoms with Gasteiger partial charge in [-0.25, -0.2) is 4.98 Å². The SMILES string of the molecule is Cc1c(C(N)=O)cc(-c2csc(NCc3ccccc3)n2)n1Cc1ccccc1C(F)(F)F. The maximum atomic E-state index is 13.5. The molecule has 0 radical (unpaired) electrons. The molecule has 9 heteroatoms. The Labute approximate surface area is 192 Å². The van der Waals surface area contributed by atoms with E-state index in [-0.39, 0.29) is 17.7 Å². The summed E-state index contributed by atoms with van der Waals surface area (Å²) in [4.78, 5) is 16.6. The molecular weight excluding hydrogens is 449 g/mol. The largest absolute Gasteiger partial charge is 0.416 e. The summed E-state index contributed by atoms with van der Waals surface area (Å²) in [5.74, 6) is -0.644. The fourth-order valence-electron chi connectivity index (χ4n) is 3.66. The zero-order valence-electron chi connectivity index (χ0n) is 17.7. The van der Waals surface area contributed by atoms with Gasteiger partial charge in [0.1, 0.15) is 0 Å². The zero-order chi connectivity index (χ0) is 23.6. The van der Waals surface area contributed by atoms with Crippen molar-refractivity contribution in [3.05, 3.63) is 94.0 Å². The molecule has 0 aliphatic rings. The summed E-state index contributed by atoms with van der Waals surface area (Å²) in [5.41, 5.74) is 7.81. The van der Waals surface area contributed by atoms with Crippen molar-refractivity contribution in [1.29, 1.82) is 0 Å². The first-order valence-corrected chi connectivity index (χ1v) is 11.0. The number of carbonyl (C=O) groups is 1. The number of alkyl halides is 3. The Hall–Kier alpha value is -3.59. The minimum Gasteiger partial charge on any atom is -0.366 e. The lowest BCUT2D eigenvalue weighted by atomic mass is 10.1. The Morgan fingerprint density at radius 2 is 1.82 bits per heavy atom. The number of thiazole rings is 1. The van der Waals surface area contributed by atoms with E-state index in [9.17, 15) is 18.0 Å². The van der Waals surface area contributed by atoms with Crippen LogP contribution in [0.15, 0.2) is 66.0 Å². The molecule has 0 saturated carbocycles. The maximum Gasteiger partial charge on any atom is 0.416 e. The van der Waals surface area contributed by atoms with Gasteiger partial charge >= 0.3 is 6.18 Å². The molecule has 5 nitrogen and oxygen atoms in total. The van der Waals surface area contributed by atoms with Crippen LogP contribution in [0.5, 0.6) is 0 Å². The number of benzene rings is 2. The summed E-state index contributed by atoms with van der Waals surface area (Å²) >= 11 is 1.38. The summed E-state index contributed by atoms with van der Waals surface area (Å²) in [6.45, 7) is 2.18. The minimum atomic E-state index is -4.49. The normalized spacial score (nSPS) is 11.5. The van der Waals surface area contributed by atoms with E-state index in [1.54, 1.807) is 29.0 Å². The van der Waals surface area contributed by atoms with Crippen molar-refractivity contribution in [3.8, 4) is 11.4 Å². The van der Waals surface area contributed by atoms with E-state index in [1.807, 2.05) is 30.3 Å². The number of primary amides is 1. The van der Waals surface area contributed by atoms with Crippen molar-refractivity contribution in [1.82, 2.24) is 9.55 Å². The molecule has 4 rings (SSSR count). The molecule has 2 heterocycles. The summed E-state index contributed by atoms with van der Waals surface area (Å²) in [7, 11) is 0. The van der Waals surface area contributed by atoms with E-state index in [0.29, 0.717) is 28.8 Å². The van der Waals surface area contributed by atoms with Crippen LogP contribution in [0, 0.1) is 6.92 Å². The Morgan fingerprint density at radius 1 is 1.12 bits per heavy atom. The predicted molar refractivity (Wildman–Crippen MR) is 123 cm³/mol. The molecule has 2 aromatic carbocycles. The molecule has 0 bridgehead atoms. The van der Waals surface area contributed by atoms with Crippen molar-refractivity contribution in [2.75, 3.05) is 5.32 Å². The highest BCUT2D eigenvalue weighted by molar-refractivity contribution is 7.14. The Balaban J connectivity index is 1.68. The average Bonchev–Trinajstić information content (AvgIpc) is 3.38. The molecule has 0 spiro atoms. The number of carbonyl (C=O) groups excluding carboxylic acids is 1. The van der Waals surface area contributed by atoms with Crippen LogP contribution in [0.2, 0.25) is 0 Å². The van der Waals surface area contributed by atoms with Crippen LogP contribution < -0.4 is 11.1 Å². The first kappa shape index (κ1) is 22.6. The summed E-state index contributed by atoms with van der Waals surface area (Å²) < 4.78 is 42.3. The first-order valence-electron chi connectivity index (χ1n) is 10.1. The topological polar surface area (TPSA) is 72.9 Å². The number of hydrogen-bond acceptors (Lipinski definition) is 4. The molecule has 0 atom stereocenters. The molecule has 0 aliphatic heterocycles. The molecule has 0 fully saturated rings. The number of anilines is 1. The average molecular weight is 471 g/mol. The fourth-order valence-corrected chi connectivity index (χ4v) is 4.37. The van der Waals surface area contributed by atoms with Crippen molar-refractivity contribution in [3.63, 3.8) is 0 Å². The lowest BCUT2D eigenvalue weighted by Crippen LogP contribution is -2.15. The zero-order valence-corrected chi connectivity index (χ0v) is 18.5. The van der Waals surface area contributed by atoms with Gasteiger partial charge in [0.05, 0.1) is 22.5 Å². The summed E-state index contributed by atoms with van der Waals surface area (Å²) in [6.07, 6.45) is -4.49. The van der Waals surface area contributed by atoms with Gasteiger partial charge in [-0.05, 0) is 30.2 Å². The van der Waals surface area contributed by atoms with E-state index in [1.165, 1.54) is 23.5 Å². The van der Waals surface area contributed by atoms with Gasteiger partial charge in [0.25, 0.3) is 5.91 Å². The fraction of sp³-hybridized carbons (Fsp3) is 0.167. The van der Waals surface area contributed by atoms with Crippen LogP contribution in [-0.2, 0) is 19.3 Å². The van der Waals surface area contributed by atoms with Crippen LogP contribution in [0.3, 0.4) is 0 Å². The van der Waals surface area contributed by atoms with Crippen molar-refractivity contribution >= 4 is 22.4 Å². The number of hydrogen-bond donors (Lipinski definition) is 2. The van der Waals surface area contributed by atoms with Crippen LogP contribution in [-0.4, -0.2) is 15.5 Å². The van der Waals surface area contributed by atoms with Gasteiger partial charge in [0, 0.05) is 24.2 Å². The van der Waals surface area contributed by atoms with E-state index >= 15 is 0 Å². The van der Waals surface area contributed by atoms with Gasteiger partial charge in [-0.1, -0.05) is 48.5 Å². The molecule has 3 N–H and O–H groups in total. The molecule has 4 aromatic rings. The number of nitrogens with two attached hydrogens (primary N) is 1. The lowest BCUT2D eigenvalue weighted by molar-refractivity contribution is -0.138. The van der Waals surface area contributed by atoms with Gasteiger partial charge in [-0.3, -0.25) is 4.79 Å². The third kappa shape index (κ3) is 4.93. The van der Waals surface area contributed by atoms with Gasteiger partial charge in [-0.2, -0.15) is 13.2 Å². The molecule has 2 aromatic heterocycles. The quantitative estimate of drug-likeness (QED) is 0.364. The lowest BCUT2D eigenvalue weighted by Gasteiger charge is -2.16. The third-order valence-electron chi connectivity index (χ3n) is 5.34. The Kier molecular flexibility index (Phi) is 6.24. The molecule has 0 saturated heterocycles. The highest BCUT2D eigenvalue weighted by atomic mass is 32.1. The number of aromatic nitrogens is 2. The van der Waals surface area contributed by atoms with Crippen molar-refractivity contribution in [2.24, 2.45) is 5.73 Å². The third-order valence-corrected chi connectivity index (χ3v) is 6.14. The molecule has 0 aliphatic carbocycles. The summed E-state index contributed by atoms with van der Waals surface area (Å²) in [6, 6.07) is 16.8. The van der Waals surface area contributed by atoms with E-state index < -0.39 is 17.6 Å². The number of rotatable bonds is 7. The van der Waals surface area contributed by atoms with E-state index in [4.69, 9.17) is 5.73 Å². The van der Waals surface area contributed by atoms with Crippen molar-refractivity contribution < 1.29 is 18.0 Å². The molecule has 1 amide bonds. The molecule has 33 heavy (non-hydrogen) atoms. The van der Waals surface area contributed by atoms with Gasteiger partial charge in [0.2, 0.25) is 0 Å². The Bertz CT molecular complexity index is 1280. The highest BCUT2D eigenvalue weighted by Gasteiger charge is 2.33. The monoisotopic (exact) mass is 470 g/mol. The number of nitrogens with zero attached hydrogens (tertiary/aromatic N) is 2. The van der Waals surface area contributed by atoms with Crippen LogP contribution in [0.1, 0.15) is 32.7 Å². The van der Waals surface area contributed by atoms with Crippen LogP contribution in [0.25, 0.3) is 11.4 Å². The van der Waals surface area contributed by atoms with Crippen molar-refractivity contribution in [2.45, 2.75) is 26.2 Å². The second-order valence-corrected chi connectivity index (χ2v) is 8.37. The van der Waals surface area contributed by atoms with E-state index in [0.717, 1.165) is 11.6 Å². The van der Waals surface area contributed by atoms with Gasteiger partial charge < -0.3 is 15.6 Å². The standard InChI is InChI=1S/C24H21F3N4OS/c1-15-18(22(28)32)11-21(31(15)13-17-9-5-6-10-19(17)24(25,26)27)20-14-33-23(30-20)29-12-16-7-3-2-4-8-16/h2-11,14H,12-13H2,1H3,(H2,28,32)(H,29,30). The number of nitrogens with one attached hydrogen (secondary N) is 1.